The first-order chi connectivity index (χ1) is 8.60. The zero-order valence-electron chi connectivity index (χ0n) is 9.92. The van der Waals surface area contributed by atoms with Crippen LogP contribution in [0.4, 0.5) is 10.5 Å². The Morgan fingerprint density at radius 1 is 1.44 bits per heavy atom. The number of nitrogens with one attached hydrogen (secondary N) is 1. The number of nitrogens with zero attached hydrogens (tertiary/aromatic N) is 1. The number of anilines is 1. The van der Waals surface area contributed by atoms with Gasteiger partial charge in [0.05, 0.1) is 5.56 Å². The second kappa shape index (κ2) is 6.39. The van der Waals surface area contributed by atoms with Crippen LogP contribution in [0.5, 0.6) is 0 Å². The molecule has 6 nitrogen and oxygen atoms in total. The summed E-state index contributed by atoms with van der Waals surface area (Å²) in [7, 11) is 0. The topological polar surface area (TPSA) is 86.7 Å². The SMILES string of the molecule is CCCN(C(=O)NC=O)c1cccc(C(=O)O)c1. The molecule has 6 heteroatoms. The second-order valence-electron chi connectivity index (χ2n) is 3.57. The molecule has 96 valence electrons. The molecule has 2 N–H and O–H groups in total. The summed E-state index contributed by atoms with van der Waals surface area (Å²) in [5.41, 5.74) is 0.531. The number of imide groups is 1. The minimum absolute atomic E-state index is 0.0903. The summed E-state index contributed by atoms with van der Waals surface area (Å²) >= 11 is 0. The molecule has 3 amide bonds. The molecule has 0 aliphatic carbocycles. The predicted octanol–water partition coefficient (Wildman–Crippen LogP) is 1.47. The van der Waals surface area contributed by atoms with Crippen molar-refractivity contribution >= 4 is 24.1 Å². The van der Waals surface area contributed by atoms with Crippen molar-refractivity contribution in [3.05, 3.63) is 29.8 Å². The molecule has 0 saturated carbocycles. The minimum atomic E-state index is -1.07. The lowest BCUT2D eigenvalue weighted by Crippen LogP contribution is -2.40. The van der Waals surface area contributed by atoms with Crippen molar-refractivity contribution in [2.75, 3.05) is 11.4 Å². The molecular formula is C12H14N2O4. The van der Waals surface area contributed by atoms with E-state index >= 15 is 0 Å². The van der Waals surface area contributed by atoms with E-state index < -0.39 is 12.0 Å². The lowest BCUT2D eigenvalue weighted by molar-refractivity contribution is -0.108. The average molecular weight is 250 g/mol. The van der Waals surface area contributed by atoms with Gasteiger partial charge in [-0.05, 0) is 24.6 Å². The molecule has 0 heterocycles. The van der Waals surface area contributed by atoms with Gasteiger partial charge in [-0.2, -0.15) is 0 Å². The van der Waals surface area contributed by atoms with Crippen LogP contribution in [0.15, 0.2) is 24.3 Å². The lowest BCUT2D eigenvalue weighted by Gasteiger charge is -2.21. The largest absolute Gasteiger partial charge is 0.478 e. The van der Waals surface area contributed by atoms with E-state index in [0.29, 0.717) is 25.1 Å². The number of carbonyl (C=O) groups is 3. The quantitative estimate of drug-likeness (QED) is 0.775. The molecule has 18 heavy (non-hydrogen) atoms. The molecule has 0 aliphatic heterocycles. The zero-order valence-corrected chi connectivity index (χ0v) is 9.92. The Balaban J connectivity index is 3.04. The van der Waals surface area contributed by atoms with Crippen molar-refractivity contribution in [2.45, 2.75) is 13.3 Å². The van der Waals surface area contributed by atoms with Gasteiger partial charge >= 0.3 is 12.0 Å². The van der Waals surface area contributed by atoms with Crippen LogP contribution in [0, 0.1) is 0 Å². The Bertz CT molecular complexity index is 459. The van der Waals surface area contributed by atoms with Gasteiger partial charge in [0.15, 0.2) is 0 Å². The maximum absolute atomic E-state index is 11.7. The van der Waals surface area contributed by atoms with Crippen LogP contribution in [0.2, 0.25) is 0 Å². The lowest BCUT2D eigenvalue weighted by atomic mass is 10.2. The van der Waals surface area contributed by atoms with Gasteiger partial charge in [-0.15, -0.1) is 0 Å². The van der Waals surface area contributed by atoms with Gasteiger partial charge in [-0.1, -0.05) is 13.0 Å². The molecule has 0 saturated heterocycles. The maximum atomic E-state index is 11.7. The Morgan fingerprint density at radius 2 is 2.17 bits per heavy atom. The van der Waals surface area contributed by atoms with Gasteiger partial charge in [0, 0.05) is 12.2 Å². The monoisotopic (exact) mass is 250 g/mol. The van der Waals surface area contributed by atoms with Gasteiger partial charge in [0.25, 0.3) is 0 Å². The maximum Gasteiger partial charge on any atom is 0.335 e. The number of rotatable bonds is 5. The fourth-order valence-electron chi connectivity index (χ4n) is 1.51. The van der Waals surface area contributed by atoms with Crippen LogP contribution in [0.1, 0.15) is 23.7 Å². The standard InChI is InChI=1S/C12H14N2O4/c1-2-6-14(12(18)13-8-15)10-5-3-4-9(7-10)11(16)17/h3-5,7-8H,2,6H2,1H3,(H,16,17)(H,13,15,18). The third kappa shape index (κ3) is 3.31. The molecule has 0 unspecified atom stereocenters. The van der Waals surface area contributed by atoms with E-state index in [2.05, 4.69) is 0 Å². The van der Waals surface area contributed by atoms with Crippen LogP contribution >= 0.6 is 0 Å². The van der Waals surface area contributed by atoms with E-state index in [1.54, 1.807) is 12.1 Å². The third-order valence-corrected chi connectivity index (χ3v) is 2.28. The van der Waals surface area contributed by atoms with Crippen molar-refractivity contribution in [1.29, 1.82) is 0 Å². The van der Waals surface area contributed by atoms with Crippen LogP contribution in [0.3, 0.4) is 0 Å². The average Bonchev–Trinajstić information content (AvgIpc) is 2.36. The summed E-state index contributed by atoms with van der Waals surface area (Å²) in [6.07, 6.45) is 0.982. The molecule has 0 aromatic heterocycles. The van der Waals surface area contributed by atoms with Gasteiger partial charge < -0.3 is 5.11 Å². The summed E-state index contributed by atoms with van der Waals surface area (Å²) < 4.78 is 0. The van der Waals surface area contributed by atoms with Crippen molar-refractivity contribution < 1.29 is 19.5 Å². The molecule has 0 atom stereocenters. The van der Waals surface area contributed by atoms with Crippen LogP contribution < -0.4 is 10.2 Å². The number of amides is 3. The van der Waals surface area contributed by atoms with Gasteiger partial charge in [-0.3, -0.25) is 15.0 Å². The van der Waals surface area contributed by atoms with Crippen molar-refractivity contribution in [2.24, 2.45) is 0 Å². The van der Waals surface area contributed by atoms with Crippen molar-refractivity contribution in [1.82, 2.24) is 5.32 Å². The number of hydrogen-bond donors (Lipinski definition) is 2. The fourth-order valence-corrected chi connectivity index (χ4v) is 1.51. The Morgan fingerprint density at radius 3 is 2.72 bits per heavy atom. The van der Waals surface area contributed by atoms with E-state index in [-0.39, 0.29) is 5.56 Å². The van der Waals surface area contributed by atoms with Crippen LogP contribution in [-0.4, -0.2) is 30.1 Å². The number of benzene rings is 1. The zero-order chi connectivity index (χ0) is 13.5. The molecule has 1 aromatic rings. The minimum Gasteiger partial charge on any atom is -0.478 e. The number of aromatic carboxylic acids is 1. The van der Waals surface area contributed by atoms with E-state index in [1.807, 2.05) is 12.2 Å². The summed E-state index contributed by atoms with van der Waals surface area (Å²) in [6.45, 7) is 2.27. The molecule has 0 fully saturated rings. The first-order valence-electron chi connectivity index (χ1n) is 5.45. The predicted molar refractivity (Wildman–Crippen MR) is 65.6 cm³/mol. The highest BCUT2D eigenvalue weighted by Gasteiger charge is 2.15. The van der Waals surface area contributed by atoms with E-state index in [1.165, 1.54) is 17.0 Å². The first-order valence-corrected chi connectivity index (χ1v) is 5.45. The van der Waals surface area contributed by atoms with Gasteiger partial charge in [0.1, 0.15) is 0 Å². The van der Waals surface area contributed by atoms with Crippen LogP contribution in [-0.2, 0) is 4.79 Å². The number of hydrogen-bond acceptors (Lipinski definition) is 3. The Labute approximate surface area is 104 Å². The summed E-state index contributed by atoms with van der Waals surface area (Å²) in [5, 5.41) is 10.9. The molecule has 0 bridgehead atoms. The molecule has 1 aromatic carbocycles. The van der Waals surface area contributed by atoms with E-state index in [9.17, 15) is 14.4 Å². The normalized spacial score (nSPS) is 9.61. The molecule has 0 aliphatic rings. The van der Waals surface area contributed by atoms with Crippen LogP contribution in [0.25, 0.3) is 0 Å². The second-order valence-corrected chi connectivity index (χ2v) is 3.57. The Hall–Kier alpha value is -2.37. The molecular weight excluding hydrogens is 236 g/mol. The third-order valence-electron chi connectivity index (χ3n) is 2.28. The first kappa shape index (κ1) is 13.7. The Kier molecular flexibility index (Phi) is 4.86. The molecule has 1 rings (SSSR count). The van der Waals surface area contributed by atoms with Gasteiger partial charge in [0.2, 0.25) is 6.41 Å². The number of urea groups is 1. The number of carboxylic acids is 1. The summed E-state index contributed by atoms with van der Waals surface area (Å²) in [5.74, 6) is -1.07. The van der Waals surface area contributed by atoms with Gasteiger partial charge in [-0.25, -0.2) is 9.59 Å². The van der Waals surface area contributed by atoms with E-state index in [4.69, 9.17) is 5.11 Å². The summed E-state index contributed by atoms with van der Waals surface area (Å²) in [6, 6.07) is 5.42. The van der Waals surface area contributed by atoms with Crippen molar-refractivity contribution in [3.63, 3.8) is 0 Å². The highest BCUT2D eigenvalue weighted by atomic mass is 16.4. The van der Waals surface area contributed by atoms with E-state index in [0.717, 1.165) is 0 Å². The number of carboxylic acid groups (broad SMARTS) is 1. The highest BCUT2D eigenvalue weighted by molar-refractivity contribution is 5.98. The molecule has 0 radical (unpaired) electrons. The summed E-state index contributed by atoms with van der Waals surface area (Å²) in [4.78, 5) is 34.1. The van der Waals surface area contributed by atoms with Crippen molar-refractivity contribution in [3.8, 4) is 0 Å². The molecule has 0 spiro atoms. The smallest absolute Gasteiger partial charge is 0.335 e. The fraction of sp³-hybridized carbons (Fsp3) is 0.250. The highest BCUT2D eigenvalue weighted by Crippen LogP contribution is 2.17. The number of carbonyl (C=O) groups excluding carboxylic acids is 2.